The number of amides is 4. The number of carbonyl (C=O) groups is 3. The molecule has 0 unspecified atom stereocenters. The highest BCUT2D eigenvalue weighted by Gasteiger charge is 2.69. The summed E-state index contributed by atoms with van der Waals surface area (Å²) in [4.78, 5) is 37.2. The number of alkyl halides is 3. The molecule has 1 saturated heterocycles. The molecule has 6 nitrogen and oxygen atoms in total. The van der Waals surface area contributed by atoms with E-state index in [1.165, 1.54) is 6.92 Å². The molecule has 1 aromatic carbocycles. The van der Waals surface area contributed by atoms with Crippen molar-refractivity contribution in [2.24, 2.45) is 0 Å². The molecule has 9 heteroatoms. The van der Waals surface area contributed by atoms with E-state index in [4.69, 9.17) is 0 Å². The average molecular weight is 371 g/mol. The van der Waals surface area contributed by atoms with E-state index in [2.05, 4.69) is 0 Å². The van der Waals surface area contributed by atoms with Gasteiger partial charge in [0.15, 0.2) is 0 Å². The van der Waals surface area contributed by atoms with Crippen LogP contribution in [0.5, 0.6) is 0 Å². The number of benzene rings is 1. The Morgan fingerprint density at radius 2 is 1.88 bits per heavy atom. The smallest absolute Gasteiger partial charge is 0.318 e. The lowest BCUT2D eigenvalue weighted by atomic mass is 10.1. The van der Waals surface area contributed by atoms with Crippen molar-refractivity contribution in [3.05, 3.63) is 35.9 Å². The van der Waals surface area contributed by atoms with E-state index in [-0.39, 0.29) is 6.42 Å². The predicted molar refractivity (Wildman–Crippen MR) is 86.7 cm³/mol. The van der Waals surface area contributed by atoms with Gasteiger partial charge < -0.3 is 5.32 Å². The Kier molecular flexibility index (Phi) is 5.58. The second-order valence-electron chi connectivity index (χ2n) is 6.09. The van der Waals surface area contributed by atoms with Crippen LogP contribution >= 0.6 is 0 Å². The van der Waals surface area contributed by atoms with Gasteiger partial charge in [-0.3, -0.25) is 19.8 Å². The van der Waals surface area contributed by atoms with Crippen molar-refractivity contribution in [3.63, 3.8) is 0 Å². The fraction of sp³-hybridized carbons (Fsp3) is 0.471. The third kappa shape index (κ3) is 3.51. The number of hydrogen-bond acceptors (Lipinski definition) is 3. The van der Waals surface area contributed by atoms with Gasteiger partial charge >= 0.3 is 12.2 Å². The molecular formula is C17H20F3N3O3. The van der Waals surface area contributed by atoms with Gasteiger partial charge in [-0.25, -0.2) is 4.79 Å². The van der Waals surface area contributed by atoms with Gasteiger partial charge in [-0.2, -0.15) is 13.2 Å². The Morgan fingerprint density at radius 1 is 1.27 bits per heavy atom. The van der Waals surface area contributed by atoms with Gasteiger partial charge in [0.25, 0.3) is 11.6 Å². The summed E-state index contributed by atoms with van der Waals surface area (Å²) in [7, 11) is 0. The zero-order valence-electron chi connectivity index (χ0n) is 14.4. The monoisotopic (exact) mass is 371 g/mol. The summed E-state index contributed by atoms with van der Waals surface area (Å²) >= 11 is 0. The lowest BCUT2D eigenvalue weighted by Crippen LogP contribution is -2.69. The van der Waals surface area contributed by atoms with Crippen molar-refractivity contribution in [2.75, 3.05) is 0 Å². The first-order valence-electron chi connectivity index (χ1n) is 8.22. The number of unbranched alkanes of at least 4 members (excludes halogenated alkanes) is 1. The number of halogens is 3. The largest absolute Gasteiger partial charge is 0.440 e. The molecule has 1 aliphatic rings. The normalized spacial score (nSPS) is 21.5. The molecule has 1 aromatic rings. The van der Waals surface area contributed by atoms with Gasteiger partial charge in [0, 0.05) is 6.42 Å². The summed E-state index contributed by atoms with van der Waals surface area (Å²) in [6.07, 6.45) is -4.39. The summed E-state index contributed by atoms with van der Waals surface area (Å²) in [6, 6.07) is 6.05. The van der Waals surface area contributed by atoms with Crippen molar-refractivity contribution >= 4 is 17.8 Å². The summed E-state index contributed by atoms with van der Waals surface area (Å²) in [5, 5.41) is 3.34. The highest BCUT2D eigenvalue weighted by Crippen LogP contribution is 2.37. The number of imide groups is 1. The Balaban J connectivity index is 2.35. The van der Waals surface area contributed by atoms with Gasteiger partial charge in [0.05, 0.1) is 6.04 Å². The van der Waals surface area contributed by atoms with Crippen LogP contribution in [0.2, 0.25) is 0 Å². The second kappa shape index (κ2) is 7.35. The van der Waals surface area contributed by atoms with Crippen LogP contribution in [0.4, 0.5) is 18.0 Å². The quantitative estimate of drug-likeness (QED) is 0.755. The van der Waals surface area contributed by atoms with E-state index < -0.39 is 35.7 Å². The van der Waals surface area contributed by atoms with Crippen LogP contribution in [-0.4, -0.2) is 34.6 Å². The van der Waals surface area contributed by atoms with Gasteiger partial charge in [-0.15, -0.1) is 0 Å². The van der Waals surface area contributed by atoms with Crippen LogP contribution in [0.1, 0.15) is 44.7 Å². The Hall–Kier alpha value is -2.58. The molecular weight excluding hydrogens is 351 g/mol. The Morgan fingerprint density at radius 3 is 2.42 bits per heavy atom. The minimum Gasteiger partial charge on any atom is -0.318 e. The Labute approximate surface area is 148 Å². The summed E-state index contributed by atoms with van der Waals surface area (Å²) in [5.41, 5.74) is -2.95. The van der Waals surface area contributed by atoms with E-state index in [1.807, 2.05) is 0 Å². The van der Waals surface area contributed by atoms with Crippen LogP contribution in [-0.2, 0) is 9.59 Å². The van der Waals surface area contributed by atoms with Crippen molar-refractivity contribution in [2.45, 2.75) is 51.0 Å². The molecule has 0 aromatic heterocycles. The van der Waals surface area contributed by atoms with Gasteiger partial charge in [-0.1, -0.05) is 43.7 Å². The maximum Gasteiger partial charge on any atom is 0.440 e. The number of nitrogens with one attached hydrogen (secondary N) is 2. The molecule has 0 saturated carbocycles. The molecule has 0 aliphatic carbocycles. The van der Waals surface area contributed by atoms with E-state index >= 15 is 0 Å². The van der Waals surface area contributed by atoms with E-state index in [1.54, 1.807) is 47.9 Å². The maximum absolute atomic E-state index is 13.7. The number of carbonyl (C=O) groups excluding carboxylic acids is 3. The van der Waals surface area contributed by atoms with Crippen molar-refractivity contribution < 1.29 is 27.6 Å². The maximum atomic E-state index is 13.7. The molecule has 0 radical (unpaired) electrons. The summed E-state index contributed by atoms with van der Waals surface area (Å²) in [6.45, 7) is 3.22. The average Bonchev–Trinajstić information content (AvgIpc) is 2.84. The zero-order valence-corrected chi connectivity index (χ0v) is 14.4. The van der Waals surface area contributed by atoms with Gasteiger partial charge in [-0.05, 0) is 18.9 Å². The summed E-state index contributed by atoms with van der Waals surface area (Å²) < 4.78 is 41.1. The van der Waals surface area contributed by atoms with Crippen LogP contribution in [0.25, 0.3) is 0 Å². The lowest BCUT2D eigenvalue weighted by Gasteiger charge is -2.30. The topological polar surface area (TPSA) is 78.5 Å². The van der Waals surface area contributed by atoms with E-state index in [9.17, 15) is 27.6 Å². The lowest BCUT2D eigenvalue weighted by molar-refractivity contribution is -0.204. The van der Waals surface area contributed by atoms with Crippen LogP contribution < -0.4 is 10.6 Å². The molecule has 2 rings (SSSR count). The Bertz CT molecular complexity index is 693. The van der Waals surface area contributed by atoms with Crippen LogP contribution in [0, 0.1) is 0 Å². The number of nitrogens with zero attached hydrogens (tertiary/aromatic N) is 1. The first kappa shape index (κ1) is 19.7. The molecule has 0 spiro atoms. The van der Waals surface area contributed by atoms with Gasteiger partial charge in [0.2, 0.25) is 5.91 Å². The van der Waals surface area contributed by atoms with E-state index in [0.29, 0.717) is 23.3 Å². The zero-order chi connectivity index (χ0) is 19.5. The van der Waals surface area contributed by atoms with Gasteiger partial charge in [0.1, 0.15) is 0 Å². The third-order valence-electron chi connectivity index (χ3n) is 4.23. The molecule has 0 bridgehead atoms. The summed E-state index contributed by atoms with van der Waals surface area (Å²) in [5.74, 6) is -2.50. The molecule has 1 aliphatic heterocycles. The molecule has 142 valence electrons. The minimum atomic E-state index is -5.19. The first-order chi connectivity index (χ1) is 12.1. The van der Waals surface area contributed by atoms with Crippen LogP contribution in [0.15, 0.2) is 30.3 Å². The SMILES string of the molecule is CCCCC(=O)N[C@]1(C(F)(F)F)NC(=O)N([C@H](C)c2ccccc2)C1=O. The molecule has 2 atom stereocenters. The van der Waals surface area contributed by atoms with Crippen molar-refractivity contribution in [3.8, 4) is 0 Å². The highest BCUT2D eigenvalue weighted by atomic mass is 19.4. The second-order valence-corrected chi connectivity index (χ2v) is 6.09. The predicted octanol–water partition coefficient (Wildman–Crippen LogP) is 2.86. The van der Waals surface area contributed by atoms with Crippen molar-refractivity contribution in [1.29, 1.82) is 0 Å². The fourth-order valence-electron chi connectivity index (χ4n) is 2.74. The number of hydrogen-bond donors (Lipinski definition) is 2. The standard InChI is InChI=1S/C17H20F3N3O3/c1-3-4-10-13(24)21-16(17(18,19)20)14(25)23(15(26)22-16)11(2)12-8-6-5-7-9-12/h5-9,11H,3-4,10H2,1-2H3,(H,21,24)(H,22,26)/t11-,16+/m1/s1. The minimum absolute atomic E-state index is 0.175. The molecule has 26 heavy (non-hydrogen) atoms. The molecule has 4 amide bonds. The first-order valence-corrected chi connectivity index (χ1v) is 8.22. The number of urea groups is 1. The van der Waals surface area contributed by atoms with Crippen molar-refractivity contribution in [1.82, 2.24) is 15.5 Å². The number of rotatable bonds is 6. The fourth-order valence-corrected chi connectivity index (χ4v) is 2.74. The molecule has 1 fully saturated rings. The van der Waals surface area contributed by atoms with E-state index in [0.717, 1.165) is 0 Å². The van der Waals surface area contributed by atoms with Crippen LogP contribution in [0.3, 0.4) is 0 Å². The third-order valence-corrected chi connectivity index (χ3v) is 4.23. The molecule has 2 N–H and O–H groups in total. The highest BCUT2D eigenvalue weighted by molar-refractivity contribution is 6.09. The molecule has 1 heterocycles.